The van der Waals surface area contributed by atoms with Gasteiger partial charge in [-0.2, -0.15) is 0 Å². The summed E-state index contributed by atoms with van der Waals surface area (Å²) in [4.78, 5) is 15.0. The van der Waals surface area contributed by atoms with Crippen LogP contribution >= 0.6 is 0 Å². The highest BCUT2D eigenvalue weighted by molar-refractivity contribution is 6.21. The average Bonchev–Trinajstić information content (AvgIpc) is 3.70. The molecular formula is C59H38N4. The van der Waals surface area contributed by atoms with Crippen molar-refractivity contribution in [3.63, 3.8) is 0 Å². The Balaban J connectivity index is 0.963. The largest absolute Gasteiger partial charge is 0.309 e. The van der Waals surface area contributed by atoms with Gasteiger partial charge in [-0.3, -0.25) is 4.98 Å². The minimum atomic E-state index is 0.678. The number of nitrogens with zero attached hydrogens (tertiary/aromatic N) is 4. The molecule has 63 heavy (non-hydrogen) atoms. The second-order valence-corrected chi connectivity index (χ2v) is 16.0. The first-order valence-corrected chi connectivity index (χ1v) is 21.3. The van der Waals surface area contributed by atoms with Gasteiger partial charge < -0.3 is 4.57 Å². The topological polar surface area (TPSA) is 43.6 Å². The van der Waals surface area contributed by atoms with Crippen molar-refractivity contribution in [3.05, 3.63) is 231 Å². The van der Waals surface area contributed by atoms with Gasteiger partial charge in [0.2, 0.25) is 0 Å². The molecule has 294 valence electrons. The van der Waals surface area contributed by atoms with Crippen LogP contribution in [-0.2, 0) is 0 Å². The van der Waals surface area contributed by atoms with Crippen molar-refractivity contribution in [3.8, 4) is 73.0 Å². The zero-order valence-electron chi connectivity index (χ0n) is 34.2. The van der Waals surface area contributed by atoms with Gasteiger partial charge in [-0.05, 0) is 97.4 Å². The highest BCUT2D eigenvalue weighted by Gasteiger charge is 2.18. The molecule has 3 aromatic heterocycles. The van der Waals surface area contributed by atoms with Crippen LogP contribution in [0.1, 0.15) is 0 Å². The molecule has 0 bridgehead atoms. The van der Waals surface area contributed by atoms with Crippen LogP contribution in [0.5, 0.6) is 0 Å². The number of benzene rings is 9. The quantitative estimate of drug-likeness (QED) is 0.151. The summed E-state index contributed by atoms with van der Waals surface area (Å²) >= 11 is 0. The summed E-state index contributed by atoms with van der Waals surface area (Å²) in [6.07, 6.45) is 3.84. The Hall–Kier alpha value is -8.47. The number of fused-ring (bicyclic) bond motifs is 5. The van der Waals surface area contributed by atoms with E-state index in [4.69, 9.17) is 9.97 Å². The number of pyridine rings is 1. The van der Waals surface area contributed by atoms with E-state index in [-0.39, 0.29) is 0 Å². The monoisotopic (exact) mass is 802 g/mol. The van der Waals surface area contributed by atoms with Crippen molar-refractivity contribution >= 4 is 43.4 Å². The molecule has 0 amide bonds. The summed E-state index contributed by atoms with van der Waals surface area (Å²) < 4.78 is 2.32. The minimum absolute atomic E-state index is 0.678. The predicted molar refractivity (Wildman–Crippen MR) is 262 cm³/mol. The fourth-order valence-electron chi connectivity index (χ4n) is 9.38. The summed E-state index contributed by atoms with van der Waals surface area (Å²) in [5.74, 6) is 0.678. The maximum Gasteiger partial charge on any atom is 0.160 e. The molecule has 4 heteroatoms. The molecule has 0 aliphatic heterocycles. The number of hydrogen-bond donors (Lipinski definition) is 0. The van der Waals surface area contributed by atoms with Crippen molar-refractivity contribution in [1.82, 2.24) is 19.5 Å². The van der Waals surface area contributed by atoms with E-state index >= 15 is 0 Å². The molecule has 0 saturated heterocycles. The molecule has 0 spiro atoms. The van der Waals surface area contributed by atoms with Gasteiger partial charge in [-0.25, -0.2) is 9.97 Å². The second kappa shape index (κ2) is 15.2. The molecular weight excluding hydrogens is 765 g/mol. The van der Waals surface area contributed by atoms with Crippen molar-refractivity contribution in [2.45, 2.75) is 0 Å². The standard InChI is InChI=1S/C59H38N4/c1-4-15-39(16-5-1)53-37-54(40-27-29-42(30-28-40)58-49-25-12-10-23-47(49)57(41-17-6-2-7-18-41)48-24-11-13-26-50(48)58)62-59(61-53)45-20-14-19-43(35-45)44-31-32-55-51(36-44)52-38-60-34-33-56(52)63(55)46-21-8-3-9-22-46/h1-38H. The third-order valence-electron chi connectivity index (χ3n) is 12.3. The maximum absolute atomic E-state index is 5.29. The lowest BCUT2D eigenvalue weighted by molar-refractivity contribution is 1.17. The third-order valence-corrected chi connectivity index (χ3v) is 12.3. The molecule has 0 unspecified atom stereocenters. The molecule has 0 atom stereocenters. The van der Waals surface area contributed by atoms with Crippen LogP contribution in [-0.4, -0.2) is 19.5 Å². The van der Waals surface area contributed by atoms with E-state index in [9.17, 15) is 0 Å². The lowest BCUT2D eigenvalue weighted by atomic mass is 9.86. The molecule has 0 aliphatic rings. The number of para-hydroxylation sites is 1. The second-order valence-electron chi connectivity index (χ2n) is 16.0. The van der Waals surface area contributed by atoms with Gasteiger partial charge in [0.1, 0.15) is 0 Å². The van der Waals surface area contributed by atoms with E-state index in [1.54, 1.807) is 0 Å². The SMILES string of the molecule is c1ccc(-c2cc(-c3ccc(-c4c5ccccc5c(-c5ccccc5)c5ccccc45)cc3)nc(-c3cccc(-c4ccc5c(c4)c4cnccc4n5-c4ccccc4)c3)n2)cc1. The summed E-state index contributed by atoms with van der Waals surface area (Å²) in [6.45, 7) is 0. The Labute approximate surface area is 365 Å². The van der Waals surface area contributed by atoms with E-state index in [0.717, 1.165) is 72.3 Å². The Morgan fingerprint density at radius 2 is 0.762 bits per heavy atom. The summed E-state index contributed by atoms with van der Waals surface area (Å²) in [6, 6.07) is 77.7. The van der Waals surface area contributed by atoms with Gasteiger partial charge in [0.15, 0.2) is 5.82 Å². The minimum Gasteiger partial charge on any atom is -0.309 e. The Morgan fingerprint density at radius 3 is 1.40 bits per heavy atom. The third kappa shape index (κ3) is 6.36. The predicted octanol–water partition coefficient (Wildman–Crippen LogP) is 15.3. The Morgan fingerprint density at radius 1 is 0.302 bits per heavy atom. The highest BCUT2D eigenvalue weighted by Crippen LogP contribution is 2.44. The van der Waals surface area contributed by atoms with Crippen LogP contribution in [0.15, 0.2) is 231 Å². The van der Waals surface area contributed by atoms with Gasteiger partial charge in [0.25, 0.3) is 0 Å². The molecule has 9 aromatic carbocycles. The zero-order valence-corrected chi connectivity index (χ0v) is 34.2. The molecule has 0 N–H and O–H groups in total. The van der Waals surface area contributed by atoms with Crippen molar-refractivity contribution in [1.29, 1.82) is 0 Å². The molecule has 12 rings (SSSR count). The number of hydrogen-bond acceptors (Lipinski definition) is 3. The lowest BCUT2D eigenvalue weighted by Crippen LogP contribution is -1.96. The molecule has 0 fully saturated rings. The Bertz CT molecular complexity index is 3590. The van der Waals surface area contributed by atoms with Crippen LogP contribution in [0.25, 0.3) is 116 Å². The molecule has 3 heterocycles. The van der Waals surface area contributed by atoms with Gasteiger partial charge in [0.05, 0.1) is 22.4 Å². The lowest BCUT2D eigenvalue weighted by Gasteiger charge is -2.18. The average molecular weight is 803 g/mol. The van der Waals surface area contributed by atoms with E-state index < -0.39 is 0 Å². The number of rotatable bonds is 7. The van der Waals surface area contributed by atoms with Gasteiger partial charge >= 0.3 is 0 Å². The highest BCUT2D eigenvalue weighted by atomic mass is 15.0. The van der Waals surface area contributed by atoms with Crippen LogP contribution < -0.4 is 0 Å². The van der Waals surface area contributed by atoms with E-state index in [2.05, 4.69) is 222 Å². The summed E-state index contributed by atoms with van der Waals surface area (Å²) in [7, 11) is 0. The van der Waals surface area contributed by atoms with Crippen molar-refractivity contribution in [2.75, 3.05) is 0 Å². The smallest absolute Gasteiger partial charge is 0.160 e. The summed E-state index contributed by atoms with van der Waals surface area (Å²) in [5.41, 5.74) is 15.3. The Kier molecular flexibility index (Phi) is 8.79. The van der Waals surface area contributed by atoms with Crippen molar-refractivity contribution < 1.29 is 0 Å². The van der Waals surface area contributed by atoms with Gasteiger partial charge in [-0.15, -0.1) is 0 Å². The van der Waals surface area contributed by atoms with Gasteiger partial charge in [0, 0.05) is 45.5 Å². The maximum atomic E-state index is 5.29. The van der Waals surface area contributed by atoms with Crippen molar-refractivity contribution in [2.24, 2.45) is 0 Å². The van der Waals surface area contributed by atoms with Crippen LogP contribution in [0, 0.1) is 0 Å². The summed E-state index contributed by atoms with van der Waals surface area (Å²) in [5, 5.41) is 7.23. The van der Waals surface area contributed by atoms with E-state index in [1.807, 2.05) is 18.5 Å². The fourth-order valence-corrected chi connectivity index (χ4v) is 9.38. The molecule has 4 nitrogen and oxygen atoms in total. The van der Waals surface area contributed by atoms with Crippen LogP contribution in [0.2, 0.25) is 0 Å². The zero-order chi connectivity index (χ0) is 41.7. The molecule has 0 saturated carbocycles. The first-order chi connectivity index (χ1) is 31.2. The first-order valence-electron chi connectivity index (χ1n) is 21.3. The molecule has 0 aliphatic carbocycles. The van der Waals surface area contributed by atoms with Crippen LogP contribution in [0.4, 0.5) is 0 Å². The normalized spacial score (nSPS) is 11.5. The molecule has 0 radical (unpaired) electrons. The van der Waals surface area contributed by atoms with Crippen LogP contribution in [0.3, 0.4) is 0 Å². The fraction of sp³-hybridized carbons (Fsp3) is 0. The van der Waals surface area contributed by atoms with Gasteiger partial charge in [-0.1, -0.05) is 176 Å². The number of aromatic nitrogens is 4. The first kappa shape index (κ1) is 36.4. The van der Waals surface area contributed by atoms with E-state index in [0.29, 0.717) is 5.82 Å². The van der Waals surface area contributed by atoms with E-state index in [1.165, 1.54) is 38.2 Å². The molecule has 12 aromatic rings.